The number of tetrazole rings is 1. The zero-order valence-corrected chi connectivity index (χ0v) is 10.4. The first kappa shape index (κ1) is 11.7. The summed E-state index contributed by atoms with van der Waals surface area (Å²) in [4.78, 5) is 0. The van der Waals surface area contributed by atoms with Crippen molar-refractivity contribution in [3.05, 3.63) is 40.7 Å². The number of nitrogens with zero attached hydrogens (tertiary/aromatic N) is 3. The predicted octanol–water partition coefficient (Wildman–Crippen LogP) is 1.67. The molecule has 0 spiro atoms. The Morgan fingerprint density at radius 1 is 1.29 bits per heavy atom. The fourth-order valence-corrected chi connectivity index (χ4v) is 1.65. The van der Waals surface area contributed by atoms with E-state index in [9.17, 15) is 0 Å². The number of aromatic nitrogens is 4. The van der Waals surface area contributed by atoms with Gasteiger partial charge in [-0.25, -0.2) is 0 Å². The zero-order chi connectivity index (χ0) is 12.3. The van der Waals surface area contributed by atoms with Crippen molar-refractivity contribution in [3.8, 4) is 0 Å². The second-order valence-electron chi connectivity index (χ2n) is 4.27. The molecule has 0 fully saturated rings. The van der Waals surface area contributed by atoms with Crippen LogP contribution in [0.1, 0.15) is 35.5 Å². The van der Waals surface area contributed by atoms with Crippen LogP contribution in [-0.2, 0) is 6.54 Å². The second kappa shape index (κ2) is 5.05. The molecular formula is C12H17N5. The van der Waals surface area contributed by atoms with Gasteiger partial charge in [-0.2, -0.15) is 5.21 Å². The van der Waals surface area contributed by atoms with Gasteiger partial charge < -0.3 is 5.32 Å². The molecule has 1 unspecified atom stereocenters. The van der Waals surface area contributed by atoms with Gasteiger partial charge in [0.1, 0.15) is 0 Å². The summed E-state index contributed by atoms with van der Waals surface area (Å²) in [5, 5.41) is 17.1. The van der Waals surface area contributed by atoms with E-state index >= 15 is 0 Å². The summed E-state index contributed by atoms with van der Waals surface area (Å²) in [6, 6.07) is 6.78. The minimum absolute atomic E-state index is 0.271. The summed E-state index contributed by atoms with van der Waals surface area (Å²) in [7, 11) is 0. The molecule has 0 bridgehead atoms. The smallest absolute Gasteiger partial charge is 0.188 e. The van der Waals surface area contributed by atoms with E-state index in [2.05, 4.69) is 64.9 Å². The van der Waals surface area contributed by atoms with Crippen molar-refractivity contribution >= 4 is 0 Å². The van der Waals surface area contributed by atoms with E-state index in [0.29, 0.717) is 12.4 Å². The average Bonchev–Trinajstić information content (AvgIpc) is 2.82. The van der Waals surface area contributed by atoms with Gasteiger partial charge in [-0.15, -0.1) is 10.2 Å². The molecule has 0 saturated heterocycles. The highest BCUT2D eigenvalue weighted by molar-refractivity contribution is 5.31. The number of rotatable bonds is 4. The highest BCUT2D eigenvalue weighted by atomic mass is 15.5. The molecule has 2 rings (SSSR count). The lowest BCUT2D eigenvalue weighted by Gasteiger charge is -2.14. The Bertz CT molecular complexity index is 478. The molecule has 90 valence electrons. The minimum atomic E-state index is 0.271. The molecule has 1 aromatic carbocycles. The Hall–Kier alpha value is -1.75. The molecule has 2 aromatic rings. The van der Waals surface area contributed by atoms with Gasteiger partial charge in [0.05, 0.1) is 6.54 Å². The normalized spacial score (nSPS) is 12.6. The lowest BCUT2D eigenvalue weighted by molar-refractivity contribution is 0.559. The van der Waals surface area contributed by atoms with Crippen LogP contribution in [-0.4, -0.2) is 20.6 Å². The third-order valence-corrected chi connectivity index (χ3v) is 2.99. The van der Waals surface area contributed by atoms with Gasteiger partial charge in [-0.1, -0.05) is 23.4 Å². The third-order valence-electron chi connectivity index (χ3n) is 2.99. The number of aryl methyl sites for hydroxylation is 2. The summed E-state index contributed by atoms with van der Waals surface area (Å²) in [5.74, 6) is 0.681. The van der Waals surface area contributed by atoms with Gasteiger partial charge in [0.15, 0.2) is 5.82 Å². The first-order valence-corrected chi connectivity index (χ1v) is 5.69. The highest BCUT2D eigenvalue weighted by Crippen LogP contribution is 2.16. The van der Waals surface area contributed by atoms with E-state index in [0.717, 1.165) is 0 Å². The van der Waals surface area contributed by atoms with E-state index in [1.165, 1.54) is 16.7 Å². The van der Waals surface area contributed by atoms with Crippen LogP contribution < -0.4 is 5.32 Å². The molecule has 0 radical (unpaired) electrons. The fraction of sp³-hybridized carbons (Fsp3) is 0.417. The fourth-order valence-electron chi connectivity index (χ4n) is 1.65. The first-order chi connectivity index (χ1) is 8.16. The molecule has 0 aliphatic heterocycles. The van der Waals surface area contributed by atoms with Crippen molar-refractivity contribution in [1.29, 1.82) is 0 Å². The molecule has 0 amide bonds. The second-order valence-corrected chi connectivity index (χ2v) is 4.27. The van der Waals surface area contributed by atoms with Crippen molar-refractivity contribution in [2.24, 2.45) is 0 Å². The highest BCUT2D eigenvalue weighted by Gasteiger charge is 2.07. The van der Waals surface area contributed by atoms with Gasteiger partial charge in [0, 0.05) is 6.04 Å². The van der Waals surface area contributed by atoms with Crippen LogP contribution >= 0.6 is 0 Å². The predicted molar refractivity (Wildman–Crippen MR) is 65.3 cm³/mol. The van der Waals surface area contributed by atoms with Crippen LogP contribution in [0.3, 0.4) is 0 Å². The first-order valence-electron chi connectivity index (χ1n) is 5.69. The Balaban J connectivity index is 1.99. The molecular weight excluding hydrogens is 214 g/mol. The number of hydrogen-bond donors (Lipinski definition) is 2. The van der Waals surface area contributed by atoms with Gasteiger partial charge in [-0.3, -0.25) is 0 Å². The Morgan fingerprint density at radius 3 is 2.76 bits per heavy atom. The molecule has 1 atom stereocenters. The topological polar surface area (TPSA) is 66.5 Å². The van der Waals surface area contributed by atoms with Crippen molar-refractivity contribution in [1.82, 2.24) is 25.9 Å². The monoisotopic (exact) mass is 231 g/mol. The van der Waals surface area contributed by atoms with Crippen LogP contribution in [0.15, 0.2) is 18.2 Å². The van der Waals surface area contributed by atoms with Crippen LogP contribution in [0, 0.1) is 13.8 Å². The van der Waals surface area contributed by atoms with Gasteiger partial charge in [0.25, 0.3) is 0 Å². The molecule has 1 heterocycles. The molecule has 1 aromatic heterocycles. The van der Waals surface area contributed by atoms with Crippen LogP contribution in [0.2, 0.25) is 0 Å². The van der Waals surface area contributed by atoms with E-state index < -0.39 is 0 Å². The molecule has 0 saturated carbocycles. The number of benzene rings is 1. The summed E-state index contributed by atoms with van der Waals surface area (Å²) in [6.45, 7) is 7.00. The van der Waals surface area contributed by atoms with E-state index in [1.54, 1.807) is 0 Å². The van der Waals surface area contributed by atoms with Gasteiger partial charge >= 0.3 is 0 Å². The molecule has 2 N–H and O–H groups in total. The van der Waals surface area contributed by atoms with Crippen molar-refractivity contribution in [2.45, 2.75) is 33.4 Å². The summed E-state index contributed by atoms with van der Waals surface area (Å²) >= 11 is 0. The Kier molecular flexibility index (Phi) is 3.49. The SMILES string of the molecule is Cc1ccc(C(C)NCc2nn[nH]n2)cc1C. The molecule has 0 aliphatic rings. The van der Waals surface area contributed by atoms with E-state index in [4.69, 9.17) is 0 Å². The largest absolute Gasteiger partial charge is 0.303 e. The maximum absolute atomic E-state index is 3.90. The van der Waals surface area contributed by atoms with Crippen LogP contribution in [0.5, 0.6) is 0 Å². The molecule has 0 aliphatic carbocycles. The number of hydrogen-bond acceptors (Lipinski definition) is 4. The Labute approximate surface area is 101 Å². The lowest BCUT2D eigenvalue weighted by Crippen LogP contribution is -2.19. The van der Waals surface area contributed by atoms with Crippen molar-refractivity contribution in [2.75, 3.05) is 0 Å². The number of H-pyrrole nitrogens is 1. The zero-order valence-electron chi connectivity index (χ0n) is 10.4. The third kappa shape index (κ3) is 2.88. The van der Waals surface area contributed by atoms with Gasteiger partial charge in [0.2, 0.25) is 0 Å². The average molecular weight is 231 g/mol. The van der Waals surface area contributed by atoms with Crippen LogP contribution in [0.25, 0.3) is 0 Å². The maximum atomic E-state index is 3.90. The van der Waals surface area contributed by atoms with E-state index in [-0.39, 0.29) is 6.04 Å². The maximum Gasteiger partial charge on any atom is 0.188 e. The number of aromatic amines is 1. The standard InChI is InChI=1S/C12H17N5/c1-8-4-5-11(6-9(8)2)10(3)13-7-12-14-16-17-15-12/h4-6,10,13H,7H2,1-3H3,(H,14,15,16,17). The van der Waals surface area contributed by atoms with Crippen LogP contribution in [0.4, 0.5) is 0 Å². The quantitative estimate of drug-likeness (QED) is 0.840. The molecule has 5 nitrogen and oxygen atoms in total. The Morgan fingerprint density at radius 2 is 2.12 bits per heavy atom. The number of nitrogens with one attached hydrogen (secondary N) is 2. The lowest BCUT2D eigenvalue weighted by atomic mass is 10.0. The van der Waals surface area contributed by atoms with Crippen molar-refractivity contribution < 1.29 is 0 Å². The summed E-state index contributed by atoms with van der Waals surface area (Å²) < 4.78 is 0. The molecule has 5 heteroatoms. The molecule has 17 heavy (non-hydrogen) atoms. The van der Waals surface area contributed by atoms with E-state index in [1.807, 2.05) is 0 Å². The minimum Gasteiger partial charge on any atom is -0.303 e. The summed E-state index contributed by atoms with van der Waals surface area (Å²) in [5.41, 5.74) is 3.91. The summed E-state index contributed by atoms with van der Waals surface area (Å²) in [6.07, 6.45) is 0. The van der Waals surface area contributed by atoms with Gasteiger partial charge in [-0.05, 0) is 37.5 Å². The van der Waals surface area contributed by atoms with Crippen molar-refractivity contribution in [3.63, 3.8) is 0 Å².